The summed E-state index contributed by atoms with van der Waals surface area (Å²) in [4.78, 5) is 12.1. The lowest BCUT2D eigenvalue weighted by Crippen LogP contribution is -2.41. The Labute approximate surface area is 137 Å². The van der Waals surface area contributed by atoms with Gasteiger partial charge in [-0.05, 0) is 69.7 Å². The van der Waals surface area contributed by atoms with E-state index in [1.807, 2.05) is 38.1 Å². The summed E-state index contributed by atoms with van der Waals surface area (Å²) in [6.07, 6.45) is 0. The fraction of sp³-hybridized carbons (Fsp3) is 0.316. The van der Waals surface area contributed by atoms with Crippen LogP contribution in [0.25, 0.3) is 0 Å². The summed E-state index contributed by atoms with van der Waals surface area (Å²) in [6.45, 7) is 7.30. The van der Waals surface area contributed by atoms with E-state index in [0.29, 0.717) is 11.3 Å². The molecule has 0 atom stereocenters. The molecule has 0 aromatic heterocycles. The molecule has 0 heterocycles. The number of ketones is 1. The lowest BCUT2D eigenvalue weighted by Gasteiger charge is -2.19. The third-order valence-electron chi connectivity index (χ3n) is 3.54. The molecule has 0 saturated carbocycles. The van der Waals surface area contributed by atoms with Crippen LogP contribution in [0, 0.1) is 0 Å². The van der Waals surface area contributed by atoms with E-state index in [1.165, 1.54) is 0 Å². The van der Waals surface area contributed by atoms with Crippen molar-refractivity contribution in [3.63, 3.8) is 0 Å². The molecule has 0 aliphatic heterocycles. The maximum atomic E-state index is 12.1. The van der Waals surface area contributed by atoms with Crippen LogP contribution in [-0.4, -0.2) is 11.3 Å². The van der Waals surface area contributed by atoms with Crippen molar-refractivity contribution in [2.75, 3.05) is 0 Å². The largest absolute Gasteiger partial charge is 0.457 e. The second kappa shape index (κ2) is 6.14. The van der Waals surface area contributed by atoms with Crippen LogP contribution in [0.2, 0.25) is 0 Å². The minimum Gasteiger partial charge on any atom is -0.457 e. The molecule has 0 unspecified atom stereocenters. The highest BCUT2D eigenvalue weighted by molar-refractivity contribution is 6.02. The molecule has 2 aromatic rings. The Hall–Kier alpha value is -2.17. The van der Waals surface area contributed by atoms with Gasteiger partial charge in [-0.1, -0.05) is 12.1 Å². The van der Waals surface area contributed by atoms with Gasteiger partial charge in [0, 0.05) is 11.1 Å². The van der Waals surface area contributed by atoms with Gasteiger partial charge < -0.3 is 16.2 Å². The molecule has 0 saturated heterocycles. The Morgan fingerprint density at radius 1 is 0.826 bits per heavy atom. The average Bonchev–Trinajstić information content (AvgIpc) is 2.46. The van der Waals surface area contributed by atoms with Crippen LogP contribution >= 0.6 is 0 Å². The number of hydrogen-bond donors (Lipinski definition) is 2. The van der Waals surface area contributed by atoms with Crippen LogP contribution in [0.15, 0.2) is 48.5 Å². The molecule has 0 amide bonds. The van der Waals surface area contributed by atoms with E-state index in [0.717, 1.165) is 11.3 Å². The van der Waals surface area contributed by atoms with Crippen molar-refractivity contribution in [3.8, 4) is 11.5 Å². The van der Waals surface area contributed by atoms with Crippen molar-refractivity contribution in [2.24, 2.45) is 11.5 Å². The zero-order chi connectivity index (χ0) is 17.3. The smallest absolute Gasteiger partial charge is 0.182 e. The standard InChI is InChI=1S/C19H24N2O2/c1-18(2,20)14-7-11-16(12-8-14)23-15-9-5-13(6-10-15)17(22)19(3,4)21/h5-12H,20-21H2,1-4H3. The first-order valence-electron chi connectivity index (χ1n) is 7.58. The molecule has 0 fully saturated rings. The Morgan fingerprint density at radius 2 is 1.26 bits per heavy atom. The van der Waals surface area contributed by atoms with E-state index >= 15 is 0 Å². The van der Waals surface area contributed by atoms with Gasteiger partial charge in [-0.25, -0.2) is 0 Å². The molecule has 0 spiro atoms. The van der Waals surface area contributed by atoms with Gasteiger partial charge in [-0.3, -0.25) is 4.79 Å². The van der Waals surface area contributed by atoms with Crippen molar-refractivity contribution in [1.82, 2.24) is 0 Å². The summed E-state index contributed by atoms with van der Waals surface area (Å²) in [7, 11) is 0. The minimum absolute atomic E-state index is 0.0985. The Morgan fingerprint density at radius 3 is 1.65 bits per heavy atom. The minimum atomic E-state index is -0.882. The third kappa shape index (κ3) is 4.41. The predicted molar refractivity (Wildman–Crippen MR) is 92.8 cm³/mol. The molecule has 4 heteroatoms. The number of carbonyl (C=O) groups is 1. The number of carbonyl (C=O) groups excluding carboxylic acids is 1. The second-order valence-electron chi connectivity index (χ2n) is 6.92. The van der Waals surface area contributed by atoms with Gasteiger partial charge in [-0.2, -0.15) is 0 Å². The van der Waals surface area contributed by atoms with Gasteiger partial charge in [0.25, 0.3) is 0 Å². The van der Waals surface area contributed by atoms with Crippen molar-refractivity contribution in [1.29, 1.82) is 0 Å². The highest BCUT2D eigenvalue weighted by Gasteiger charge is 2.23. The van der Waals surface area contributed by atoms with Crippen LogP contribution in [0.4, 0.5) is 0 Å². The molecular formula is C19H24N2O2. The summed E-state index contributed by atoms with van der Waals surface area (Å²) >= 11 is 0. The van der Waals surface area contributed by atoms with Gasteiger partial charge >= 0.3 is 0 Å². The van der Waals surface area contributed by atoms with Crippen molar-refractivity contribution >= 4 is 5.78 Å². The van der Waals surface area contributed by atoms with Gasteiger partial charge in [0.05, 0.1) is 5.54 Å². The molecule has 0 aliphatic rings. The SMILES string of the molecule is CC(C)(N)C(=O)c1ccc(Oc2ccc(C(C)(C)N)cc2)cc1. The maximum absolute atomic E-state index is 12.1. The Bertz CT molecular complexity index is 675. The topological polar surface area (TPSA) is 78.3 Å². The van der Waals surface area contributed by atoms with E-state index < -0.39 is 5.54 Å². The number of rotatable bonds is 5. The quantitative estimate of drug-likeness (QED) is 0.827. The zero-order valence-corrected chi connectivity index (χ0v) is 14.1. The van der Waals surface area contributed by atoms with Crippen molar-refractivity contribution < 1.29 is 9.53 Å². The van der Waals surface area contributed by atoms with E-state index in [9.17, 15) is 4.79 Å². The van der Waals surface area contributed by atoms with Crippen LogP contribution < -0.4 is 16.2 Å². The van der Waals surface area contributed by atoms with Crippen LogP contribution in [0.5, 0.6) is 11.5 Å². The lowest BCUT2D eigenvalue weighted by molar-refractivity contribution is 0.0913. The molecule has 4 N–H and O–H groups in total. The van der Waals surface area contributed by atoms with Crippen LogP contribution in [0.1, 0.15) is 43.6 Å². The van der Waals surface area contributed by atoms with E-state index in [-0.39, 0.29) is 11.3 Å². The number of hydrogen-bond acceptors (Lipinski definition) is 4. The summed E-state index contributed by atoms with van der Waals surface area (Å²) in [5, 5.41) is 0. The normalized spacial score (nSPS) is 12.1. The summed E-state index contributed by atoms with van der Waals surface area (Å²) < 4.78 is 5.78. The Kier molecular flexibility index (Phi) is 4.59. The fourth-order valence-corrected chi connectivity index (χ4v) is 2.13. The molecule has 0 aliphatic carbocycles. The monoisotopic (exact) mass is 312 g/mol. The fourth-order valence-electron chi connectivity index (χ4n) is 2.13. The molecule has 2 aromatic carbocycles. The van der Waals surface area contributed by atoms with Gasteiger partial charge in [-0.15, -0.1) is 0 Å². The number of ether oxygens (including phenoxy) is 1. The number of benzene rings is 2. The maximum Gasteiger partial charge on any atom is 0.182 e. The average molecular weight is 312 g/mol. The van der Waals surface area contributed by atoms with Gasteiger partial charge in [0.2, 0.25) is 0 Å². The molecule has 4 nitrogen and oxygen atoms in total. The van der Waals surface area contributed by atoms with Gasteiger partial charge in [0.15, 0.2) is 5.78 Å². The lowest BCUT2D eigenvalue weighted by atomic mass is 9.94. The third-order valence-corrected chi connectivity index (χ3v) is 3.54. The van der Waals surface area contributed by atoms with Crippen LogP contribution in [0.3, 0.4) is 0 Å². The number of nitrogens with two attached hydrogens (primary N) is 2. The summed E-state index contributed by atoms with van der Waals surface area (Å²) in [5.41, 5.74) is 12.2. The molecule has 23 heavy (non-hydrogen) atoms. The first kappa shape index (κ1) is 17.2. The highest BCUT2D eigenvalue weighted by atomic mass is 16.5. The zero-order valence-electron chi connectivity index (χ0n) is 14.1. The highest BCUT2D eigenvalue weighted by Crippen LogP contribution is 2.25. The molecular weight excluding hydrogens is 288 g/mol. The van der Waals surface area contributed by atoms with E-state index in [1.54, 1.807) is 38.1 Å². The van der Waals surface area contributed by atoms with E-state index in [4.69, 9.17) is 16.2 Å². The van der Waals surface area contributed by atoms with Crippen LogP contribution in [-0.2, 0) is 5.54 Å². The number of Topliss-reactive ketones (excluding diaryl/α,β-unsaturated/α-hetero) is 1. The molecule has 0 radical (unpaired) electrons. The molecule has 2 rings (SSSR count). The second-order valence-corrected chi connectivity index (χ2v) is 6.92. The predicted octanol–water partition coefficient (Wildman–Crippen LogP) is 3.59. The summed E-state index contributed by atoms with van der Waals surface area (Å²) in [6, 6.07) is 14.6. The van der Waals surface area contributed by atoms with Gasteiger partial charge in [0.1, 0.15) is 11.5 Å². The first-order chi connectivity index (χ1) is 10.6. The van der Waals surface area contributed by atoms with Crippen molar-refractivity contribution in [3.05, 3.63) is 59.7 Å². The molecule has 122 valence electrons. The Balaban J connectivity index is 2.11. The van der Waals surface area contributed by atoms with E-state index in [2.05, 4.69) is 0 Å². The summed E-state index contributed by atoms with van der Waals surface area (Å²) in [5.74, 6) is 1.28. The molecule has 0 bridgehead atoms. The van der Waals surface area contributed by atoms with Crippen molar-refractivity contribution in [2.45, 2.75) is 38.8 Å². The first-order valence-corrected chi connectivity index (χ1v) is 7.58.